The molecule has 1 saturated heterocycles. The molecular formula is C16H31N3O3. The Morgan fingerprint density at radius 1 is 1.36 bits per heavy atom. The van der Waals surface area contributed by atoms with Crippen LogP contribution in [-0.4, -0.2) is 47.7 Å². The molecule has 0 radical (unpaired) electrons. The lowest BCUT2D eigenvalue weighted by Gasteiger charge is -2.38. The zero-order chi connectivity index (χ0) is 16.8. The lowest BCUT2D eigenvalue weighted by molar-refractivity contribution is -0.117. The SMILES string of the molecule is CC(CC1CCCCN1C(=O)OC(C)(C)C)NCCC(N)=O. The molecule has 1 fully saturated rings. The largest absolute Gasteiger partial charge is 0.444 e. The molecular weight excluding hydrogens is 282 g/mol. The summed E-state index contributed by atoms with van der Waals surface area (Å²) in [7, 11) is 0. The van der Waals surface area contributed by atoms with Crippen molar-refractivity contribution in [1.29, 1.82) is 0 Å². The van der Waals surface area contributed by atoms with Gasteiger partial charge >= 0.3 is 6.09 Å². The minimum Gasteiger partial charge on any atom is -0.444 e. The molecule has 1 aliphatic heterocycles. The summed E-state index contributed by atoms with van der Waals surface area (Å²) in [6.45, 7) is 9.07. The molecule has 1 rings (SSSR count). The topological polar surface area (TPSA) is 84.7 Å². The molecule has 0 aromatic rings. The van der Waals surface area contributed by atoms with Crippen LogP contribution in [0.1, 0.15) is 59.8 Å². The highest BCUT2D eigenvalue weighted by Gasteiger charge is 2.31. The lowest BCUT2D eigenvalue weighted by Crippen LogP contribution is -2.48. The second kappa shape index (κ2) is 8.36. The quantitative estimate of drug-likeness (QED) is 0.785. The molecule has 0 bridgehead atoms. The highest BCUT2D eigenvalue weighted by Crippen LogP contribution is 2.23. The van der Waals surface area contributed by atoms with Crippen molar-refractivity contribution in [2.75, 3.05) is 13.1 Å². The number of primary amides is 1. The number of rotatable bonds is 6. The van der Waals surface area contributed by atoms with Gasteiger partial charge in [-0.2, -0.15) is 0 Å². The van der Waals surface area contributed by atoms with Gasteiger partial charge in [0.1, 0.15) is 5.60 Å². The third-order valence-corrected chi connectivity index (χ3v) is 3.74. The lowest BCUT2D eigenvalue weighted by atomic mass is 9.96. The smallest absolute Gasteiger partial charge is 0.410 e. The first kappa shape index (κ1) is 18.7. The van der Waals surface area contributed by atoms with E-state index in [1.165, 1.54) is 0 Å². The standard InChI is InChI=1S/C16H31N3O3/c1-12(18-9-8-14(17)20)11-13-7-5-6-10-19(13)15(21)22-16(2,3)4/h12-13,18H,5-11H2,1-4H3,(H2,17,20). The van der Waals surface area contributed by atoms with Crippen LogP contribution in [0.3, 0.4) is 0 Å². The number of nitrogens with two attached hydrogens (primary N) is 1. The van der Waals surface area contributed by atoms with Crippen molar-refractivity contribution in [3.63, 3.8) is 0 Å². The van der Waals surface area contributed by atoms with E-state index in [2.05, 4.69) is 12.2 Å². The van der Waals surface area contributed by atoms with Gasteiger partial charge in [0.25, 0.3) is 0 Å². The maximum Gasteiger partial charge on any atom is 0.410 e. The van der Waals surface area contributed by atoms with E-state index in [4.69, 9.17) is 10.5 Å². The van der Waals surface area contributed by atoms with Crippen molar-refractivity contribution in [2.45, 2.75) is 77.5 Å². The summed E-state index contributed by atoms with van der Waals surface area (Å²) >= 11 is 0. The molecule has 3 N–H and O–H groups in total. The Labute approximate surface area is 133 Å². The van der Waals surface area contributed by atoms with E-state index >= 15 is 0 Å². The van der Waals surface area contributed by atoms with Crippen molar-refractivity contribution in [3.05, 3.63) is 0 Å². The number of hydrogen-bond acceptors (Lipinski definition) is 4. The zero-order valence-electron chi connectivity index (χ0n) is 14.4. The number of hydrogen-bond donors (Lipinski definition) is 2. The van der Waals surface area contributed by atoms with Gasteiger partial charge in [0.15, 0.2) is 0 Å². The number of amides is 2. The van der Waals surface area contributed by atoms with Crippen LogP contribution in [0.2, 0.25) is 0 Å². The molecule has 6 heteroatoms. The molecule has 0 aromatic heterocycles. The van der Waals surface area contributed by atoms with E-state index in [9.17, 15) is 9.59 Å². The summed E-state index contributed by atoms with van der Waals surface area (Å²) in [5, 5.41) is 3.29. The summed E-state index contributed by atoms with van der Waals surface area (Å²) in [6, 6.07) is 0.423. The minimum absolute atomic E-state index is 0.194. The maximum absolute atomic E-state index is 12.3. The summed E-state index contributed by atoms with van der Waals surface area (Å²) < 4.78 is 5.51. The fraction of sp³-hybridized carbons (Fsp3) is 0.875. The molecule has 0 saturated carbocycles. The third kappa shape index (κ3) is 7.11. The number of nitrogens with one attached hydrogen (secondary N) is 1. The van der Waals surface area contributed by atoms with Gasteiger partial charge in [0, 0.05) is 31.6 Å². The van der Waals surface area contributed by atoms with Crippen molar-refractivity contribution in [3.8, 4) is 0 Å². The average Bonchev–Trinajstić information content (AvgIpc) is 2.36. The number of carbonyl (C=O) groups is 2. The molecule has 0 aromatic carbocycles. The Hall–Kier alpha value is -1.30. The van der Waals surface area contributed by atoms with Gasteiger partial charge in [0.2, 0.25) is 5.91 Å². The zero-order valence-corrected chi connectivity index (χ0v) is 14.4. The van der Waals surface area contributed by atoms with Crippen molar-refractivity contribution >= 4 is 12.0 Å². The molecule has 2 amide bonds. The molecule has 0 spiro atoms. The normalized spacial score (nSPS) is 20.5. The highest BCUT2D eigenvalue weighted by molar-refractivity contribution is 5.73. The Balaban J connectivity index is 2.50. The van der Waals surface area contributed by atoms with E-state index in [1.807, 2.05) is 25.7 Å². The van der Waals surface area contributed by atoms with Gasteiger partial charge in [0.05, 0.1) is 0 Å². The predicted molar refractivity (Wildman–Crippen MR) is 86.5 cm³/mol. The van der Waals surface area contributed by atoms with Crippen LogP contribution in [0.25, 0.3) is 0 Å². The Kier molecular flexibility index (Phi) is 7.13. The van der Waals surface area contributed by atoms with Crippen molar-refractivity contribution in [1.82, 2.24) is 10.2 Å². The predicted octanol–water partition coefficient (Wildman–Crippen LogP) is 2.02. The molecule has 2 atom stereocenters. The molecule has 6 nitrogen and oxygen atoms in total. The molecule has 2 unspecified atom stereocenters. The molecule has 0 aliphatic carbocycles. The van der Waals surface area contributed by atoms with E-state index in [-0.39, 0.29) is 24.1 Å². The Morgan fingerprint density at radius 3 is 2.64 bits per heavy atom. The highest BCUT2D eigenvalue weighted by atomic mass is 16.6. The second-order valence-corrected chi connectivity index (χ2v) is 7.13. The van der Waals surface area contributed by atoms with E-state index in [1.54, 1.807) is 0 Å². The van der Waals surface area contributed by atoms with Gasteiger partial charge in [-0.05, 0) is 53.4 Å². The van der Waals surface area contributed by atoms with Crippen LogP contribution in [0.4, 0.5) is 4.79 Å². The van der Waals surface area contributed by atoms with Crippen LogP contribution in [0.5, 0.6) is 0 Å². The first-order valence-electron chi connectivity index (χ1n) is 8.20. The summed E-state index contributed by atoms with van der Waals surface area (Å²) in [6.07, 6.45) is 4.14. The first-order valence-corrected chi connectivity index (χ1v) is 8.20. The average molecular weight is 313 g/mol. The number of likely N-dealkylation sites (tertiary alicyclic amines) is 1. The van der Waals surface area contributed by atoms with Crippen LogP contribution in [0, 0.1) is 0 Å². The number of carbonyl (C=O) groups excluding carboxylic acids is 2. The minimum atomic E-state index is -0.468. The summed E-state index contributed by atoms with van der Waals surface area (Å²) in [4.78, 5) is 25.0. The second-order valence-electron chi connectivity index (χ2n) is 7.13. The monoisotopic (exact) mass is 313 g/mol. The van der Waals surface area contributed by atoms with Crippen LogP contribution in [-0.2, 0) is 9.53 Å². The Morgan fingerprint density at radius 2 is 2.05 bits per heavy atom. The van der Waals surface area contributed by atoms with Crippen LogP contribution >= 0.6 is 0 Å². The van der Waals surface area contributed by atoms with E-state index < -0.39 is 5.60 Å². The fourth-order valence-electron chi connectivity index (χ4n) is 2.74. The van der Waals surface area contributed by atoms with Gasteiger partial charge in [-0.25, -0.2) is 4.79 Å². The Bertz CT molecular complexity index is 379. The van der Waals surface area contributed by atoms with Crippen molar-refractivity contribution < 1.29 is 14.3 Å². The fourth-order valence-corrected chi connectivity index (χ4v) is 2.74. The molecule has 1 heterocycles. The third-order valence-electron chi connectivity index (χ3n) is 3.74. The summed E-state index contributed by atoms with van der Waals surface area (Å²) in [5.74, 6) is -0.298. The summed E-state index contributed by atoms with van der Waals surface area (Å²) in [5.41, 5.74) is 4.67. The van der Waals surface area contributed by atoms with E-state index in [0.29, 0.717) is 13.0 Å². The first-order chi connectivity index (χ1) is 10.2. The van der Waals surface area contributed by atoms with Crippen molar-refractivity contribution in [2.24, 2.45) is 5.73 Å². The van der Waals surface area contributed by atoms with E-state index in [0.717, 1.165) is 32.2 Å². The van der Waals surface area contributed by atoms with Gasteiger partial charge in [-0.3, -0.25) is 4.79 Å². The van der Waals surface area contributed by atoms with Gasteiger partial charge in [-0.15, -0.1) is 0 Å². The number of nitrogens with zero attached hydrogens (tertiary/aromatic N) is 1. The molecule has 128 valence electrons. The van der Waals surface area contributed by atoms with Gasteiger partial charge in [-0.1, -0.05) is 0 Å². The van der Waals surface area contributed by atoms with Crippen LogP contribution in [0.15, 0.2) is 0 Å². The molecule has 1 aliphatic rings. The molecule has 22 heavy (non-hydrogen) atoms. The number of ether oxygens (including phenoxy) is 1. The maximum atomic E-state index is 12.3. The number of piperidine rings is 1. The van der Waals surface area contributed by atoms with Crippen LogP contribution < -0.4 is 11.1 Å². The van der Waals surface area contributed by atoms with Gasteiger partial charge < -0.3 is 20.7 Å².